The number of piperidine rings is 1. The Balaban J connectivity index is 2.07. The second kappa shape index (κ2) is 6.39. The number of hydrogen-bond donors (Lipinski definition) is 0. The van der Waals surface area contributed by atoms with Crippen LogP contribution < -0.4 is 0 Å². The summed E-state index contributed by atoms with van der Waals surface area (Å²) < 4.78 is 0. The van der Waals surface area contributed by atoms with Crippen LogP contribution in [0.15, 0.2) is 23.4 Å². The Bertz CT molecular complexity index is 546. The number of rotatable bonds is 2. The monoisotopic (exact) mass is 288 g/mol. The second-order valence-electron chi connectivity index (χ2n) is 6.23. The summed E-state index contributed by atoms with van der Waals surface area (Å²) >= 11 is 0. The van der Waals surface area contributed by atoms with Crippen molar-refractivity contribution < 1.29 is 9.63 Å². The molecule has 114 valence electrons. The number of oxime groups is 1. The van der Waals surface area contributed by atoms with Crippen LogP contribution in [-0.2, 0) is 4.84 Å². The molecule has 0 aliphatic carbocycles. The van der Waals surface area contributed by atoms with Gasteiger partial charge in [0.15, 0.2) is 0 Å². The lowest BCUT2D eigenvalue weighted by molar-refractivity contribution is 0.0508. The van der Waals surface area contributed by atoms with E-state index in [2.05, 4.69) is 31.0 Å². The van der Waals surface area contributed by atoms with Crippen molar-refractivity contribution in [3.8, 4) is 0 Å². The summed E-state index contributed by atoms with van der Waals surface area (Å²) in [4.78, 5) is 19.6. The summed E-state index contributed by atoms with van der Waals surface area (Å²) in [5.74, 6) is -0.0636. The molecule has 1 aliphatic heterocycles. The van der Waals surface area contributed by atoms with E-state index in [0.29, 0.717) is 17.5 Å². The predicted molar refractivity (Wildman–Crippen MR) is 84.6 cm³/mol. The molecule has 1 fully saturated rings. The minimum absolute atomic E-state index is 0.318. The number of likely N-dealkylation sites (tertiary alicyclic amines) is 1. The van der Waals surface area contributed by atoms with Crippen LogP contribution >= 0.6 is 0 Å². The van der Waals surface area contributed by atoms with Crippen LogP contribution in [0.1, 0.15) is 41.8 Å². The zero-order valence-electron chi connectivity index (χ0n) is 13.5. The van der Waals surface area contributed by atoms with E-state index in [4.69, 9.17) is 4.84 Å². The molecular weight excluding hydrogens is 264 g/mol. The highest BCUT2D eigenvalue weighted by molar-refractivity contribution is 5.92. The van der Waals surface area contributed by atoms with E-state index in [0.717, 1.165) is 29.8 Å². The van der Waals surface area contributed by atoms with Gasteiger partial charge in [0.1, 0.15) is 0 Å². The Morgan fingerprint density at radius 1 is 1.24 bits per heavy atom. The molecule has 2 atom stereocenters. The smallest absolute Gasteiger partial charge is 0.313 e. The molecule has 4 nitrogen and oxygen atoms in total. The fourth-order valence-corrected chi connectivity index (χ4v) is 2.75. The molecule has 0 bridgehead atoms. The molecule has 2 rings (SSSR count). The molecule has 1 aromatic carbocycles. The first-order valence-corrected chi connectivity index (χ1v) is 7.43. The largest absolute Gasteiger partial charge is 0.365 e. The van der Waals surface area contributed by atoms with Crippen molar-refractivity contribution >= 4 is 11.7 Å². The molecule has 0 spiro atoms. The molecular formula is C17H24N2O2. The number of carbonyl (C=O) groups is 1. The van der Waals surface area contributed by atoms with Crippen LogP contribution in [0.3, 0.4) is 0 Å². The first-order valence-electron chi connectivity index (χ1n) is 7.43. The Hall–Kier alpha value is -1.68. The van der Waals surface area contributed by atoms with Gasteiger partial charge in [-0.15, -0.1) is 0 Å². The summed E-state index contributed by atoms with van der Waals surface area (Å²) in [6.07, 6.45) is 0.845. The molecule has 1 heterocycles. The molecule has 1 aromatic rings. The summed E-state index contributed by atoms with van der Waals surface area (Å²) in [6, 6.07) is 6.12. The number of carbonyl (C=O) groups excluding carboxylic acids is 1. The average Bonchev–Trinajstić information content (AvgIpc) is 2.40. The maximum Gasteiger partial charge on any atom is 0.365 e. The van der Waals surface area contributed by atoms with Crippen LogP contribution in [0, 0.1) is 19.8 Å². The molecule has 21 heavy (non-hydrogen) atoms. The summed E-state index contributed by atoms with van der Waals surface area (Å²) in [5.41, 5.74) is 3.63. The lowest BCUT2D eigenvalue weighted by Crippen LogP contribution is -2.43. The second-order valence-corrected chi connectivity index (χ2v) is 6.23. The fraction of sp³-hybridized carbons (Fsp3) is 0.529. The Labute approximate surface area is 126 Å². The summed E-state index contributed by atoms with van der Waals surface area (Å²) in [6.45, 7) is 9.16. The Kier molecular flexibility index (Phi) is 4.78. The molecule has 1 saturated heterocycles. The van der Waals surface area contributed by atoms with Gasteiger partial charge in [0.2, 0.25) is 0 Å². The quantitative estimate of drug-likeness (QED) is 0.620. The van der Waals surface area contributed by atoms with Gasteiger partial charge in [-0.1, -0.05) is 29.3 Å². The van der Waals surface area contributed by atoms with Gasteiger partial charge in [-0.3, -0.25) is 0 Å². The maximum atomic E-state index is 12.1. The van der Waals surface area contributed by atoms with Crippen molar-refractivity contribution in [2.24, 2.45) is 11.1 Å². The SMILES string of the molecule is Cc1cc(C)cc(C(=O)O/N=C2\C[C@H](C)N(C)C[C@@H]2C)c1. The van der Waals surface area contributed by atoms with Crippen LogP contribution in [0.25, 0.3) is 0 Å². The van der Waals surface area contributed by atoms with Crippen molar-refractivity contribution in [1.82, 2.24) is 4.90 Å². The summed E-state index contributed by atoms with van der Waals surface area (Å²) in [5, 5.41) is 4.13. The maximum absolute atomic E-state index is 12.1. The first kappa shape index (κ1) is 15.7. The van der Waals surface area contributed by atoms with Crippen LogP contribution in [0.2, 0.25) is 0 Å². The highest BCUT2D eigenvalue weighted by Gasteiger charge is 2.26. The van der Waals surface area contributed by atoms with E-state index >= 15 is 0 Å². The molecule has 4 heteroatoms. The van der Waals surface area contributed by atoms with Gasteiger partial charge in [0, 0.05) is 24.9 Å². The van der Waals surface area contributed by atoms with Gasteiger partial charge in [0.05, 0.1) is 11.3 Å². The topological polar surface area (TPSA) is 41.9 Å². The summed E-state index contributed by atoms with van der Waals surface area (Å²) in [7, 11) is 2.11. The molecule has 0 saturated carbocycles. The van der Waals surface area contributed by atoms with E-state index in [1.165, 1.54) is 0 Å². The van der Waals surface area contributed by atoms with Crippen LogP contribution in [-0.4, -0.2) is 36.2 Å². The number of hydrogen-bond acceptors (Lipinski definition) is 4. The number of nitrogens with zero attached hydrogens (tertiary/aromatic N) is 2. The minimum atomic E-state index is -0.381. The normalized spacial score (nSPS) is 25.1. The van der Waals surface area contributed by atoms with Gasteiger partial charge >= 0.3 is 5.97 Å². The van der Waals surface area contributed by atoms with Crippen molar-refractivity contribution in [2.45, 2.75) is 40.2 Å². The minimum Gasteiger partial charge on any atom is -0.313 e. The average molecular weight is 288 g/mol. The third kappa shape index (κ3) is 3.91. The van der Waals surface area contributed by atoms with Gasteiger partial charge in [-0.2, -0.15) is 0 Å². The van der Waals surface area contributed by atoms with Crippen LogP contribution in [0.5, 0.6) is 0 Å². The van der Waals surface area contributed by atoms with E-state index in [1.807, 2.05) is 32.0 Å². The molecule has 0 N–H and O–H groups in total. The van der Waals surface area contributed by atoms with Gasteiger partial charge < -0.3 is 9.74 Å². The lowest BCUT2D eigenvalue weighted by Gasteiger charge is -2.34. The standard InChI is InChI=1S/C17H24N2O2/c1-11-6-12(2)8-15(7-11)17(20)21-18-16-9-14(4)19(5)10-13(16)3/h6-8,13-14H,9-10H2,1-5H3/b18-16+/t13-,14-/m0/s1. The predicted octanol–water partition coefficient (Wildman–Crippen LogP) is 3.18. The van der Waals surface area contributed by atoms with E-state index in [-0.39, 0.29) is 5.97 Å². The molecule has 0 amide bonds. The van der Waals surface area contributed by atoms with Crippen molar-refractivity contribution in [3.05, 3.63) is 34.9 Å². The van der Waals surface area contributed by atoms with Crippen LogP contribution in [0.4, 0.5) is 0 Å². The molecule has 0 radical (unpaired) electrons. The van der Waals surface area contributed by atoms with E-state index in [9.17, 15) is 4.79 Å². The Morgan fingerprint density at radius 3 is 2.48 bits per heavy atom. The third-order valence-corrected chi connectivity index (χ3v) is 4.09. The molecule has 0 unspecified atom stereocenters. The van der Waals surface area contributed by atoms with E-state index < -0.39 is 0 Å². The zero-order chi connectivity index (χ0) is 15.6. The lowest BCUT2D eigenvalue weighted by atomic mass is 9.93. The molecule has 1 aliphatic rings. The Morgan fingerprint density at radius 2 is 1.86 bits per heavy atom. The number of benzene rings is 1. The fourth-order valence-electron chi connectivity index (χ4n) is 2.75. The van der Waals surface area contributed by atoms with Crippen molar-refractivity contribution in [2.75, 3.05) is 13.6 Å². The third-order valence-electron chi connectivity index (χ3n) is 4.09. The van der Waals surface area contributed by atoms with Gasteiger partial charge in [-0.05, 0) is 40.0 Å². The van der Waals surface area contributed by atoms with E-state index in [1.54, 1.807) is 0 Å². The first-order chi connectivity index (χ1) is 9.86. The zero-order valence-corrected chi connectivity index (χ0v) is 13.5. The van der Waals surface area contributed by atoms with Crippen molar-refractivity contribution in [3.63, 3.8) is 0 Å². The highest BCUT2D eigenvalue weighted by Crippen LogP contribution is 2.18. The van der Waals surface area contributed by atoms with Gasteiger partial charge in [0.25, 0.3) is 0 Å². The highest BCUT2D eigenvalue weighted by atomic mass is 16.7. The van der Waals surface area contributed by atoms with Crippen molar-refractivity contribution in [1.29, 1.82) is 0 Å². The van der Waals surface area contributed by atoms with Gasteiger partial charge in [-0.25, -0.2) is 4.79 Å². The number of aryl methyl sites for hydroxylation is 2. The molecule has 0 aromatic heterocycles.